The maximum absolute atomic E-state index is 12.8. The summed E-state index contributed by atoms with van der Waals surface area (Å²) in [6, 6.07) is 13.1. The predicted octanol–water partition coefficient (Wildman–Crippen LogP) is 3.63. The van der Waals surface area contributed by atoms with Crippen LogP contribution in [0.25, 0.3) is 0 Å². The molecule has 1 aromatic carbocycles. The largest absolute Gasteiger partial charge is 0.351 e. The number of halogens is 1. The fraction of sp³-hybridized carbons (Fsp3) is 0.304. The van der Waals surface area contributed by atoms with Crippen LogP contribution in [0.4, 0.5) is 0 Å². The summed E-state index contributed by atoms with van der Waals surface area (Å²) in [5, 5.41) is 4.18. The maximum atomic E-state index is 12.8. The monoisotopic (exact) mass is 454 g/mol. The smallest absolute Gasteiger partial charge is 0.349 e. The average Bonchev–Trinajstić information content (AvgIpc) is 2.80. The fourth-order valence-corrected chi connectivity index (χ4v) is 4.81. The predicted molar refractivity (Wildman–Crippen MR) is 123 cm³/mol. The van der Waals surface area contributed by atoms with Crippen molar-refractivity contribution in [3.63, 3.8) is 0 Å². The summed E-state index contributed by atoms with van der Waals surface area (Å²) in [5.41, 5.74) is 3.53. The summed E-state index contributed by atoms with van der Waals surface area (Å²) in [5.74, 6) is 0.0853. The first-order valence-corrected chi connectivity index (χ1v) is 11.6. The number of carbonyl (C=O) groups excluding carboxylic acids is 1. The van der Waals surface area contributed by atoms with Crippen LogP contribution < -0.4 is 11.0 Å². The van der Waals surface area contributed by atoms with Crippen molar-refractivity contribution in [1.82, 2.24) is 19.9 Å². The number of nitrogens with one attached hydrogen (secondary N) is 1. The van der Waals surface area contributed by atoms with E-state index in [1.54, 1.807) is 16.8 Å². The first-order valence-electron chi connectivity index (χ1n) is 10.3. The van der Waals surface area contributed by atoms with Gasteiger partial charge in [0.05, 0.1) is 18.0 Å². The first-order chi connectivity index (χ1) is 15.1. The standard InChI is InChI=1S/C23H23ClN4O2S/c24-19-10-3-1-7-16(19)13-26-21(29)15-31-22-18-9-2-4-11-20(18)28(23(30)27-22)14-17-8-5-6-12-25-17/h1,3,5-8,10,12H,2,4,9,11,13-15H2,(H,26,29). The van der Waals surface area contributed by atoms with E-state index in [1.807, 2.05) is 36.4 Å². The number of hydrogen-bond acceptors (Lipinski definition) is 5. The summed E-state index contributed by atoms with van der Waals surface area (Å²) in [7, 11) is 0. The molecule has 3 aromatic rings. The SMILES string of the molecule is O=C(CSc1nc(=O)n(Cc2ccccn2)c2c1CCCC2)NCc1ccccc1Cl. The highest BCUT2D eigenvalue weighted by molar-refractivity contribution is 7.99. The van der Waals surface area contributed by atoms with Crippen LogP contribution in [0.5, 0.6) is 0 Å². The van der Waals surface area contributed by atoms with E-state index >= 15 is 0 Å². The number of hydrogen-bond donors (Lipinski definition) is 1. The van der Waals surface area contributed by atoms with Gasteiger partial charge in [0, 0.05) is 29.0 Å². The van der Waals surface area contributed by atoms with Gasteiger partial charge in [-0.15, -0.1) is 0 Å². The van der Waals surface area contributed by atoms with E-state index in [2.05, 4.69) is 15.3 Å². The van der Waals surface area contributed by atoms with Gasteiger partial charge in [-0.05, 0) is 49.4 Å². The Labute approximate surface area is 190 Å². The lowest BCUT2D eigenvalue weighted by molar-refractivity contribution is -0.118. The van der Waals surface area contributed by atoms with Gasteiger partial charge in [-0.1, -0.05) is 47.6 Å². The lowest BCUT2D eigenvalue weighted by Crippen LogP contribution is -2.31. The van der Waals surface area contributed by atoms with Crippen LogP contribution >= 0.6 is 23.4 Å². The molecule has 4 rings (SSSR count). The maximum Gasteiger partial charge on any atom is 0.349 e. The number of amides is 1. The Morgan fingerprint density at radius 1 is 1.13 bits per heavy atom. The van der Waals surface area contributed by atoms with Crippen molar-refractivity contribution < 1.29 is 4.79 Å². The fourth-order valence-electron chi connectivity index (χ4n) is 3.70. The minimum Gasteiger partial charge on any atom is -0.351 e. The second-order valence-corrected chi connectivity index (χ2v) is 8.77. The summed E-state index contributed by atoms with van der Waals surface area (Å²) in [6.45, 7) is 0.786. The van der Waals surface area contributed by atoms with Crippen molar-refractivity contribution in [3.8, 4) is 0 Å². The van der Waals surface area contributed by atoms with Gasteiger partial charge in [-0.2, -0.15) is 4.98 Å². The van der Waals surface area contributed by atoms with Gasteiger partial charge >= 0.3 is 5.69 Å². The second kappa shape index (κ2) is 10.1. The number of aromatic nitrogens is 3. The molecule has 0 atom stereocenters. The topological polar surface area (TPSA) is 76.9 Å². The van der Waals surface area contributed by atoms with E-state index in [1.165, 1.54) is 11.8 Å². The van der Waals surface area contributed by atoms with E-state index in [4.69, 9.17) is 11.6 Å². The molecule has 0 saturated carbocycles. The van der Waals surface area contributed by atoms with Crippen LogP contribution in [0.2, 0.25) is 5.02 Å². The van der Waals surface area contributed by atoms with Crippen LogP contribution in [0, 0.1) is 0 Å². The normalized spacial score (nSPS) is 12.9. The molecule has 31 heavy (non-hydrogen) atoms. The zero-order valence-corrected chi connectivity index (χ0v) is 18.6. The molecule has 160 valence electrons. The zero-order valence-electron chi connectivity index (χ0n) is 17.0. The van der Waals surface area contributed by atoms with E-state index in [9.17, 15) is 9.59 Å². The van der Waals surface area contributed by atoms with Crippen LogP contribution in [0.1, 0.15) is 35.4 Å². The average molecular weight is 455 g/mol. The number of nitrogens with zero attached hydrogens (tertiary/aromatic N) is 3. The minimum absolute atomic E-state index is 0.117. The van der Waals surface area contributed by atoms with Gasteiger partial charge in [0.1, 0.15) is 5.03 Å². The number of carbonyl (C=O) groups is 1. The highest BCUT2D eigenvalue weighted by atomic mass is 35.5. The Morgan fingerprint density at radius 2 is 1.94 bits per heavy atom. The van der Waals surface area contributed by atoms with Crippen molar-refractivity contribution in [2.24, 2.45) is 0 Å². The number of benzene rings is 1. The van der Waals surface area contributed by atoms with Gasteiger partial charge in [0.15, 0.2) is 0 Å². The molecule has 0 saturated heterocycles. The van der Waals surface area contributed by atoms with E-state index < -0.39 is 0 Å². The van der Waals surface area contributed by atoms with Crippen LogP contribution in [-0.4, -0.2) is 26.2 Å². The Kier molecular flexibility index (Phi) is 7.04. The summed E-state index contributed by atoms with van der Waals surface area (Å²) < 4.78 is 1.73. The zero-order chi connectivity index (χ0) is 21.6. The third-order valence-electron chi connectivity index (χ3n) is 5.27. The van der Waals surface area contributed by atoms with Crippen molar-refractivity contribution >= 4 is 29.3 Å². The van der Waals surface area contributed by atoms with Gasteiger partial charge < -0.3 is 5.32 Å². The van der Waals surface area contributed by atoms with Crippen molar-refractivity contribution in [2.75, 3.05) is 5.75 Å². The first kappa shape index (κ1) is 21.6. The molecule has 1 aliphatic carbocycles. The molecule has 0 unspecified atom stereocenters. The lowest BCUT2D eigenvalue weighted by Gasteiger charge is -2.22. The number of thioether (sulfide) groups is 1. The highest BCUT2D eigenvalue weighted by Crippen LogP contribution is 2.28. The summed E-state index contributed by atoms with van der Waals surface area (Å²) in [6.07, 6.45) is 5.54. The highest BCUT2D eigenvalue weighted by Gasteiger charge is 2.21. The molecule has 8 heteroatoms. The molecule has 1 amide bonds. The van der Waals surface area contributed by atoms with Crippen LogP contribution in [0.15, 0.2) is 58.5 Å². The minimum atomic E-state index is -0.287. The van der Waals surface area contributed by atoms with Gasteiger partial charge in [0.2, 0.25) is 5.91 Å². The van der Waals surface area contributed by atoms with Crippen molar-refractivity contribution in [2.45, 2.75) is 43.8 Å². The number of rotatable bonds is 7. The molecule has 0 fully saturated rings. The molecule has 2 heterocycles. The Bertz CT molecular complexity index is 1130. The Hall–Kier alpha value is -2.64. The lowest BCUT2D eigenvalue weighted by atomic mass is 9.97. The Balaban J connectivity index is 1.47. The van der Waals surface area contributed by atoms with Gasteiger partial charge in [-0.3, -0.25) is 14.3 Å². The number of fused-ring (bicyclic) bond motifs is 1. The van der Waals surface area contributed by atoms with E-state index in [0.29, 0.717) is 23.1 Å². The molecule has 6 nitrogen and oxygen atoms in total. The van der Waals surface area contributed by atoms with Crippen LogP contribution in [0.3, 0.4) is 0 Å². The van der Waals surface area contributed by atoms with Gasteiger partial charge in [0.25, 0.3) is 0 Å². The van der Waals surface area contributed by atoms with Crippen molar-refractivity contribution in [3.05, 3.63) is 86.7 Å². The molecule has 0 bridgehead atoms. The molecule has 0 spiro atoms. The molecule has 0 radical (unpaired) electrons. The summed E-state index contributed by atoms with van der Waals surface area (Å²) in [4.78, 5) is 33.8. The molecular formula is C23H23ClN4O2S. The molecule has 1 aliphatic rings. The third-order valence-corrected chi connectivity index (χ3v) is 6.66. The molecule has 2 aromatic heterocycles. The summed E-state index contributed by atoms with van der Waals surface area (Å²) >= 11 is 7.47. The second-order valence-electron chi connectivity index (χ2n) is 7.40. The third kappa shape index (κ3) is 5.35. The van der Waals surface area contributed by atoms with Crippen molar-refractivity contribution in [1.29, 1.82) is 0 Å². The molecule has 1 N–H and O–H groups in total. The van der Waals surface area contributed by atoms with E-state index in [0.717, 1.165) is 48.2 Å². The molecular weight excluding hydrogens is 432 g/mol. The quantitative estimate of drug-likeness (QED) is 0.435. The van der Waals surface area contributed by atoms with E-state index in [-0.39, 0.29) is 17.3 Å². The molecule has 0 aliphatic heterocycles. The number of pyridine rings is 1. The van der Waals surface area contributed by atoms with Gasteiger partial charge in [-0.25, -0.2) is 4.79 Å². The van der Waals surface area contributed by atoms with Crippen LogP contribution in [-0.2, 0) is 30.7 Å². The Morgan fingerprint density at radius 3 is 2.74 bits per heavy atom.